The minimum atomic E-state index is -0.531. The van der Waals surface area contributed by atoms with Crippen LogP contribution < -0.4 is 0 Å². The number of ketones is 2. The number of ether oxygens (including phenoxy) is 1. The van der Waals surface area contributed by atoms with Crippen LogP contribution in [0.1, 0.15) is 60.7 Å². The molecule has 8 heteroatoms. The van der Waals surface area contributed by atoms with Crippen molar-refractivity contribution in [3.63, 3.8) is 0 Å². The van der Waals surface area contributed by atoms with Crippen molar-refractivity contribution < 1.29 is 23.9 Å². The number of rotatable bonds is 3. The number of aromatic amines is 2. The fourth-order valence-electron chi connectivity index (χ4n) is 5.32. The number of hydrogen-bond acceptors (Lipinski definition) is 5. The van der Waals surface area contributed by atoms with Gasteiger partial charge in [-0.25, -0.2) is 4.79 Å². The summed E-state index contributed by atoms with van der Waals surface area (Å²) >= 11 is 0. The number of methoxy groups -OCH3 is 1. The number of likely N-dealkylation sites (tertiary alicyclic amines) is 1. The highest BCUT2D eigenvalue weighted by Crippen LogP contribution is 2.66. The highest BCUT2D eigenvalue weighted by Gasteiger charge is 2.67. The molecule has 8 nitrogen and oxygen atoms in total. The number of benzene rings is 1. The molecule has 160 valence electrons. The van der Waals surface area contributed by atoms with Gasteiger partial charge in [0.1, 0.15) is 11.4 Å². The standard InChI is InChI=1S/C24H19N3O5/c1-11(28)12-3-4-16-13(5-12)6-17(25-16)22(30)27-10-14-9-24(14)15-7-18(23(31)32-2)26-21(15)19(29)8-20(24)27/h3-8,14,25-26H,9-10H2,1-2H3/t14-,24-/m1/s1. The number of carbonyl (C=O) groups is 4. The van der Waals surface area contributed by atoms with Crippen LogP contribution in [0.25, 0.3) is 10.9 Å². The lowest BCUT2D eigenvalue weighted by Gasteiger charge is -2.27. The van der Waals surface area contributed by atoms with Crippen molar-refractivity contribution in [3.8, 4) is 0 Å². The summed E-state index contributed by atoms with van der Waals surface area (Å²) in [7, 11) is 1.29. The number of nitrogens with one attached hydrogen (secondary N) is 2. The first-order valence-electron chi connectivity index (χ1n) is 10.4. The van der Waals surface area contributed by atoms with Crippen molar-refractivity contribution >= 4 is 34.3 Å². The smallest absolute Gasteiger partial charge is 0.354 e. The molecule has 2 atom stereocenters. The Morgan fingerprint density at radius 2 is 1.94 bits per heavy atom. The van der Waals surface area contributed by atoms with Crippen LogP contribution in [-0.2, 0) is 10.2 Å². The number of carbonyl (C=O) groups excluding carboxylic acids is 4. The first kappa shape index (κ1) is 18.8. The van der Waals surface area contributed by atoms with Gasteiger partial charge in [0, 0.05) is 40.2 Å². The number of Topliss-reactive ketones (excluding diaryl/α,β-unsaturated/α-hetero) is 1. The Bertz CT molecular complexity index is 1420. The zero-order chi connectivity index (χ0) is 22.4. The van der Waals surface area contributed by atoms with Gasteiger partial charge in [-0.15, -0.1) is 0 Å². The molecule has 3 aliphatic rings. The highest BCUT2D eigenvalue weighted by atomic mass is 16.5. The number of piperidine rings is 1. The lowest BCUT2D eigenvalue weighted by Crippen LogP contribution is -2.33. The van der Waals surface area contributed by atoms with Crippen LogP contribution >= 0.6 is 0 Å². The van der Waals surface area contributed by atoms with Gasteiger partial charge in [0.2, 0.25) is 5.78 Å². The predicted molar refractivity (Wildman–Crippen MR) is 114 cm³/mol. The molecular formula is C24H19N3O5. The number of nitrogens with zero attached hydrogens (tertiary/aromatic N) is 1. The van der Waals surface area contributed by atoms with E-state index in [0.717, 1.165) is 22.9 Å². The summed E-state index contributed by atoms with van der Waals surface area (Å²) in [6, 6.07) is 8.70. The number of fused-ring (bicyclic) bond motifs is 2. The molecule has 2 N–H and O–H groups in total. The lowest BCUT2D eigenvalue weighted by atomic mass is 9.85. The molecule has 0 radical (unpaired) electrons. The number of H-pyrrole nitrogens is 2. The Morgan fingerprint density at radius 1 is 1.12 bits per heavy atom. The molecule has 1 saturated heterocycles. The van der Waals surface area contributed by atoms with Gasteiger partial charge in [0.25, 0.3) is 5.91 Å². The normalized spacial score (nSPS) is 22.8. The number of amides is 1. The summed E-state index contributed by atoms with van der Waals surface area (Å²) in [5, 5.41) is 0.782. The van der Waals surface area contributed by atoms with Crippen molar-refractivity contribution in [2.75, 3.05) is 13.7 Å². The van der Waals surface area contributed by atoms with Crippen LogP contribution in [0.4, 0.5) is 0 Å². The molecule has 1 spiro atoms. The van der Waals surface area contributed by atoms with Crippen LogP contribution in [0.5, 0.6) is 0 Å². The molecule has 6 rings (SSSR count). The molecule has 2 aliphatic carbocycles. The fraction of sp³-hybridized carbons (Fsp3) is 0.250. The van der Waals surface area contributed by atoms with Crippen LogP contribution in [0.2, 0.25) is 0 Å². The third-order valence-corrected chi connectivity index (χ3v) is 6.98. The van der Waals surface area contributed by atoms with E-state index in [1.807, 2.05) is 0 Å². The van der Waals surface area contributed by atoms with Crippen LogP contribution in [-0.4, -0.2) is 52.0 Å². The molecule has 1 saturated carbocycles. The van der Waals surface area contributed by atoms with E-state index in [-0.39, 0.29) is 29.1 Å². The van der Waals surface area contributed by atoms with Gasteiger partial charge >= 0.3 is 5.97 Å². The van der Waals surface area contributed by atoms with Crippen LogP contribution in [0.3, 0.4) is 0 Å². The van der Waals surface area contributed by atoms with E-state index >= 15 is 0 Å². The average Bonchev–Trinajstić information content (AvgIpc) is 3.14. The minimum Gasteiger partial charge on any atom is -0.464 e. The number of aromatic nitrogens is 2. The molecule has 2 aromatic heterocycles. The summed E-state index contributed by atoms with van der Waals surface area (Å²) in [5.41, 5.74) is 3.42. The first-order chi connectivity index (χ1) is 15.3. The van der Waals surface area contributed by atoms with Crippen molar-refractivity contribution in [3.05, 3.63) is 70.3 Å². The Balaban J connectivity index is 1.37. The SMILES string of the molecule is COC(=O)c1cc2c([nH]1)C(=O)C=C1N(C(=O)c3cc4cc(C(C)=O)ccc4[nH]3)C[C@H]3C[C@]123. The fourth-order valence-corrected chi connectivity index (χ4v) is 5.32. The van der Waals surface area contributed by atoms with Crippen molar-refractivity contribution in [1.29, 1.82) is 0 Å². The third-order valence-electron chi connectivity index (χ3n) is 6.98. The molecule has 1 aliphatic heterocycles. The number of esters is 1. The second kappa shape index (κ2) is 6.06. The van der Waals surface area contributed by atoms with E-state index in [9.17, 15) is 19.2 Å². The number of hydrogen-bond donors (Lipinski definition) is 2. The molecule has 1 aromatic carbocycles. The molecule has 32 heavy (non-hydrogen) atoms. The summed E-state index contributed by atoms with van der Waals surface area (Å²) in [6.45, 7) is 2.01. The molecule has 3 aromatic rings. The van der Waals surface area contributed by atoms with Gasteiger partial charge in [-0.3, -0.25) is 14.4 Å². The zero-order valence-corrected chi connectivity index (χ0v) is 17.4. The lowest BCUT2D eigenvalue weighted by molar-refractivity contribution is 0.0594. The van der Waals surface area contributed by atoms with E-state index < -0.39 is 11.4 Å². The Kier molecular flexibility index (Phi) is 3.56. The summed E-state index contributed by atoms with van der Waals surface area (Å²) in [5.74, 6) is -0.856. The maximum Gasteiger partial charge on any atom is 0.354 e. The third kappa shape index (κ3) is 2.32. The van der Waals surface area contributed by atoms with E-state index in [2.05, 4.69) is 9.97 Å². The van der Waals surface area contributed by atoms with Gasteiger partial charge in [0.15, 0.2) is 5.78 Å². The highest BCUT2D eigenvalue weighted by molar-refractivity contribution is 6.10. The Hall–Kier alpha value is -3.94. The number of allylic oxidation sites excluding steroid dienone is 2. The van der Waals surface area contributed by atoms with Gasteiger partial charge in [-0.1, -0.05) is 0 Å². The van der Waals surface area contributed by atoms with Crippen LogP contribution in [0.15, 0.2) is 42.1 Å². The molecule has 0 bridgehead atoms. The second-order valence-electron chi connectivity index (χ2n) is 8.69. The first-order valence-corrected chi connectivity index (χ1v) is 10.4. The zero-order valence-electron chi connectivity index (χ0n) is 17.4. The van der Waals surface area contributed by atoms with E-state index in [0.29, 0.717) is 29.2 Å². The summed E-state index contributed by atoms with van der Waals surface area (Å²) in [6.07, 6.45) is 2.34. The quantitative estimate of drug-likeness (QED) is 0.491. The van der Waals surface area contributed by atoms with E-state index in [1.165, 1.54) is 20.1 Å². The van der Waals surface area contributed by atoms with Gasteiger partial charge in [-0.2, -0.15) is 0 Å². The van der Waals surface area contributed by atoms with Crippen molar-refractivity contribution in [2.24, 2.45) is 5.92 Å². The van der Waals surface area contributed by atoms with E-state index in [4.69, 9.17) is 4.74 Å². The van der Waals surface area contributed by atoms with Gasteiger partial charge in [0.05, 0.1) is 12.8 Å². The van der Waals surface area contributed by atoms with Crippen molar-refractivity contribution in [1.82, 2.24) is 14.9 Å². The largest absolute Gasteiger partial charge is 0.464 e. The molecule has 3 heterocycles. The van der Waals surface area contributed by atoms with Crippen LogP contribution in [0, 0.1) is 5.92 Å². The second-order valence-corrected chi connectivity index (χ2v) is 8.69. The Labute approximate surface area is 182 Å². The van der Waals surface area contributed by atoms with Gasteiger partial charge in [-0.05, 0) is 55.2 Å². The monoisotopic (exact) mass is 429 g/mol. The minimum absolute atomic E-state index is 0.0398. The molecule has 0 unspecified atom stereocenters. The summed E-state index contributed by atoms with van der Waals surface area (Å²) < 4.78 is 4.79. The maximum atomic E-state index is 13.4. The average molecular weight is 429 g/mol. The van der Waals surface area contributed by atoms with Crippen molar-refractivity contribution in [2.45, 2.75) is 18.8 Å². The molecule has 2 fully saturated rings. The Morgan fingerprint density at radius 3 is 2.69 bits per heavy atom. The molecular weight excluding hydrogens is 410 g/mol. The summed E-state index contributed by atoms with van der Waals surface area (Å²) in [4.78, 5) is 57.6. The maximum absolute atomic E-state index is 13.4. The van der Waals surface area contributed by atoms with E-state index in [1.54, 1.807) is 35.2 Å². The molecule has 1 amide bonds. The predicted octanol–water partition coefficient (Wildman–Crippen LogP) is 2.98. The topological polar surface area (TPSA) is 112 Å². The van der Waals surface area contributed by atoms with Gasteiger partial charge < -0.3 is 19.6 Å².